The molecule has 1 aromatic rings. The lowest BCUT2D eigenvalue weighted by Gasteiger charge is -2.30. The van der Waals surface area contributed by atoms with Crippen molar-refractivity contribution in [3.05, 3.63) is 29.3 Å². The Labute approximate surface area is 136 Å². The van der Waals surface area contributed by atoms with Gasteiger partial charge in [-0.25, -0.2) is 0 Å². The fraction of sp³-hybridized carbons (Fsp3) is 0.650. The van der Waals surface area contributed by atoms with Gasteiger partial charge in [-0.05, 0) is 41.7 Å². The average Bonchev–Trinajstić information content (AvgIpc) is 2.51. The Hall–Kier alpha value is -1.31. The molecule has 0 N–H and O–H groups in total. The Morgan fingerprint density at radius 2 is 1.68 bits per heavy atom. The van der Waals surface area contributed by atoms with Crippen LogP contribution in [0.15, 0.2) is 18.2 Å². The molecule has 1 radical (unpaired) electrons. The minimum Gasteiger partial charge on any atom is -0.493 e. The molecule has 1 aromatic carbocycles. The summed E-state index contributed by atoms with van der Waals surface area (Å²) in [7, 11) is 0. The molecule has 0 aromatic heterocycles. The van der Waals surface area contributed by atoms with Gasteiger partial charge in [0, 0.05) is 12.0 Å². The molecular weight excluding hydrogens is 272 g/mol. The van der Waals surface area contributed by atoms with E-state index in [4.69, 9.17) is 4.74 Å². The summed E-state index contributed by atoms with van der Waals surface area (Å²) in [4.78, 5) is 10.3. The normalized spacial score (nSPS) is 12.3. The molecule has 123 valence electrons. The minimum absolute atomic E-state index is 0.0753. The van der Waals surface area contributed by atoms with Crippen LogP contribution in [0, 0.1) is 0 Å². The molecule has 2 nitrogen and oxygen atoms in total. The molecule has 0 atom stereocenters. The SMILES string of the molecule is CCC(C)(C)c1ccc(OCCC[C]=O)c(C(C)(C)CC)c1. The maximum absolute atomic E-state index is 10.3. The number of carbonyl (C=O) groups excluding carboxylic acids is 1. The lowest BCUT2D eigenvalue weighted by atomic mass is 9.76. The summed E-state index contributed by atoms with van der Waals surface area (Å²) in [5, 5.41) is 0. The summed E-state index contributed by atoms with van der Waals surface area (Å²) in [6.07, 6.45) is 5.24. The van der Waals surface area contributed by atoms with Crippen LogP contribution in [0.3, 0.4) is 0 Å². The van der Waals surface area contributed by atoms with Crippen LogP contribution in [0.2, 0.25) is 0 Å². The summed E-state index contributed by atoms with van der Waals surface area (Å²) < 4.78 is 5.95. The van der Waals surface area contributed by atoms with Crippen LogP contribution in [-0.4, -0.2) is 12.9 Å². The van der Waals surface area contributed by atoms with Crippen LogP contribution in [-0.2, 0) is 15.6 Å². The Kier molecular flexibility index (Phi) is 6.65. The largest absolute Gasteiger partial charge is 0.493 e. The molecule has 22 heavy (non-hydrogen) atoms. The van der Waals surface area contributed by atoms with E-state index in [9.17, 15) is 4.79 Å². The van der Waals surface area contributed by atoms with Crippen molar-refractivity contribution >= 4 is 6.29 Å². The zero-order valence-corrected chi connectivity index (χ0v) is 15.1. The third-order valence-electron chi connectivity index (χ3n) is 4.94. The fourth-order valence-electron chi connectivity index (χ4n) is 2.33. The first kappa shape index (κ1) is 18.7. The molecule has 0 fully saturated rings. The van der Waals surface area contributed by atoms with E-state index in [2.05, 4.69) is 59.7 Å². The van der Waals surface area contributed by atoms with Gasteiger partial charge in [-0.3, -0.25) is 4.79 Å². The van der Waals surface area contributed by atoms with E-state index in [1.165, 1.54) is 11.1 Å². The number of benzene rings is 1. The van der Waals surface area contributed by atoms with Gasteiger partial charge in [-0.15, -0.1) is 0 Å². The second kappa shape index (κ2) is 7.80. The van der Waals surface area contributed by atoms with E-state index < -0.39 is 0 Å². The number of ether oxygens (including phenoxy) is 1. The Morgan fingerprint density at radius 3 is 2.23 bits per heavy atom. The molecule has 0 bridgehead atoms. The molecule has 0 saturated carbocycles. The van der Waals surface area contributed by atoms with Crippen molar-refractivity contribution in [1.29, 1.82) is 0 Å². The Morgan fingerprint density at radius 1 is 1.05 bits per heavy atom. The van der Waals surface area contributed by atoms with Crippen molar-refractivity contribution in [2.75, 3.05) is 6.61 Å². The maximum atomic E-state index is 10.3. The molecule has 0 aliphatic heterocycles. The second-order valence-corrected chi connectivity index (χ2v) is 7.28. The first-order valence-corrected chi connectivity index (χ1v) is 8.41. The van der Waals surface area contributed by atoms with Crippen LogP contribution in [0.5, 0.6) is 5.75 Å². The van der Waals surface area contributed by atoms with Crippen molar-refractivity contribution in [3.8, 4) is 5.75 Å². The van der Waals surface area contributed by atoms with Gasteiger partial charge >= 0.3 is 0 Å². The van der Waals surface area contributed by atoms with E-state index in [-0.39, 0.29) is 10.8 Å². The lowest BCUT2D eigenvalue weighted by Crippen LogP contribution is -2.21. The minimum atomic E-state index is 0.0753. The van der Waals surface area contributed by atoms with Crippen molar-refractivity contribution in [2.45, 2.75) is 78.1 Å². The molecule has 0 saturated heterocycles. The molecule has 2 heteroatoms. The Balaban J connectivity index is 3.13. The van der Waals surface area contributed by atoms with E-state index >= 15 is 0 Å². The highest BCUT2D eigenvalue weighted by molar-refractivity contribution is 5.50. The average molecular weight is 303 g/mol. The quantitative estimate of drug-likeness (QED) is 0.576. The van der Waals surface area contributed by atoms with Crippen molar-refractivity contribution in [1.82, 2.24) is 0 Å². The van der Waals surface area contributed by atoms with Crippen LogP contribution in [0.1, 0.15) is 78.4 Å². The van der Waals surface area contributed by atoms with Gasteiger partial charge in [-0.1, -0.05) is 53.7 Å². The number of rotatable bonds is 9. The fourth-order valence-corrected chi connectivity index (χ4v) is 2.33. The van der Waals surface area contributed by atoms with E-state index in [0.29, 0.717) is 13.0 Å². The molecule has 0 heterocycles. The first-order valence-electron chi connectivity index (χ1n) is 8.41. The van der Waals surface area contributed by atoms with Crippen LogP contribution >= 0.6 is 0 Å². The Bertz CT molecular complexity index is 486. The van der Waals surface area contributed by atoms with Gasteiger partial charge in [0.15, 0.2) is 6.29 Å². The monoisotopic (exact) mass is 303 g/mol. The number of hydrogen-bond acceptors (Lipinski definition) is 2. The summed E-state index contributed by atoms with van der Waals surface area (Å²) >= 11 is 0. The van der Waals surface area contributed by atoms with Crippen molar-refractivity contribution in [2.24, 2.45) is 0 Å². The highest BCUT2D eigenvalue weighted by Crippen LogP contribution is 2.38. The van der Waals surface area contributed by atoms with E-state index in [1.54, 1.807) is 0 Å². The van der Waals surface area contributed by atoms with Gasteiger partial charge in [0.2, 0.25) is 0 Å². The van der Waals surface area contributed by atoms with Gasteiger partial charge in [-0.2, -0.15) is 0 Å². The molecule has 0 aliphatic carbocycles. The van der Waals surface area contributed by atoms with Crippen LogP contribution in [0.25, 0.3) is 0 Å². The molecule has 0 spiro atoms. The van der Waals surface area contributed by atoms with Gasteiger partial charge in [0.1, 0.15) is 5.75 Å². The topological polar surface area (TPSA) is 26.3 Å². The van der Waals surface area contributed by atoms with Gasteiger partial charge in [0.05, 0.1) is 6.61 Å². The number of hydrogen-bond donors (Lipinski definition) is 0. The summed E-state index contributed by atoms with van der Waals surface area (Å²) in [6.45, 7) is 14.1. The summed E-state index contributed by atoms with van der Waals surface area (Å²) in [5.41, 5.74) is 2.87. The first-order chi connectivity index (χ1) is 10.3. The molecular formula is C20H31O2. The molecule has 0 amide bonds. The van der Waals surface area contributed by atoms with Crippen molar-refractivity contribution in [3.63, 3.8) is 0 Å². The standard InChI is InChI=1S/C20H31O2/c1-7-19(3,4)16-11-12-18(22-14-10-9-13-21)17(15-16)20(5,6)8-2/h11-12,15H,7-10,14H2,1-6H3. The summed E-state index contributed by atoms with van der Waals surface area (Å²) in [6, 6.07) is 6.60. The van der Waals surface area contributed by atoms with Gasteiger partial charge < -0.3 is 4.74 Å². The van der Waals surface area contributed by atoms with E-state index in [0.717, 1.165) is 25.0 Å². The van der Waals surface area contributed by atoms with Gasteiger partial charge in [0.25, 0.3) is 0 Å². The predicted octanol–water partition coefficient (Wildman–Crippen LogP) is 5.33. The molecule has 0 unspecified atom stereocenters. The van der Waals surface area contributed by atoms with E-state index in [1.807, 2.05) is 6.29 Å². The van der Waals surface area contributed by atoms with Crippen LogP contribution < -0.4 is 4.74 Å². The third kappa shape index (κ3) is 4.59. The smallest absolute Gasteiger partial charge is 0.198 e. The highest BCUT2D eigenvalue weighted by atomic mass is 16.5. The highest BCUT2D eigenvalue weighted by Gasteiger charge is 2.26. The maximum Gasteiger partial charge on any atom is 0.198 e. The lowest BCUT2D eigenvalue weighted by molar-refractivity contribution is 0.301. The zero-order chi connectivity index (χ0) is 16.8. The number of unbranched alkanes of at least 4 members (excludes halogenated alkanes) is 1. The predicted molar refractivity (Wildman–Crippen MR) is 93.5 cm³/mol. The van der Waals surface area contributed by atoms with Crippen LogP contribution in [0.4, 0.5) is 0 Å². The second-order valence-electron chi connectivity index (χ2n) is 7.28. The summed E-state index contributed by atoms with van der Waals surface area (Å²) in [5.74, 6) is 0.952. The molecule has 0 aliphatic rings. The van der Waals surface area contributed by atoms with Crippen molar-refractivity contribution < 1.29 is 9.53 Å². The zero-order valence-electron chi connectivity index (χ0n) is 15.1. The third-order valence-corrected chi connectivity index (χ3v) is 4.94. The molecule has 1 rings (SSSR count).